The fourth-order valence-electron chi connectivity index (χ4n) is 8.06. The van der Waals surface area contributed by atoms with Gasteiger partial charge in [0.25, 0.3) is 11.5 Å². The van der Waals surface area contributed by atoms with Crippen LogP contribution in [0.2, 0.25) is 0 Å². The highest BCUT2D eigenvalue weighted by atomic mass is 32.2. The molecular weight excluding hydrogens is 653 g/mol. The highest BCUT2D eigenvalue weighted by Gasteiger charge is 2.48. The van der Waals surface area contributed by atoms with Crippen LogP contribution in [0.25, 0.3) is 11.0 Å². The molecule has 1 aromatic carbocycles. The summed E-state index contributed by atoms with van der Waals surface area (Å²) in [4.78, 5) is 25.6. The van der Waals surface area contributed by atoms with Crippen LogP contribution in [0.3, 0.4) is 0 Å². The van der Waals surface area contributed by atoms with E-state index in [0.717, 1.165) is 38.6 Å². The Morgan fingerprint density at radius 3 is 2.40 bits per heavy atom. The quantitative estimate of drug-likeness (QED) is 0.197. The normalized spacial score (nSPS) is 26.5. The minimum Gasteiger partial charge on any atom is -0.298 e. The van der Waals surface area contributed by atoms with Crippen LogP contribution in [-0.4, -0.2) is 67.7 Å². The van der Waals surface area contributed by atoms with E-state index in [1.165, 1.54) is 12.4 Å². The average molecular weight is 699 g/mol. The number of alkyl halides is 2. The maximum atomic E-state index is 16.3. The number of piperidine rings is 1. The van der Waals surface area contributed by atoms with E-state index in [1.807, 2.05) is 13.0 Å². The molecule has 8 bridgehead atoms. The molecule has 0 amide bonds. The molecule has 3 atom stereocenters. The summed E-state index contributed by atoms with van der Waals surface area (Å²) in [6, 6.07) is 7.89. The molecule has 4 aliphatic heterocycles. The molecule has 2 fully saturated rings. The number of halogens is 2. The molecule has 2 unspecified atom stereocenters. The first kappa shape index (κ1) is 34.9. The van der Waals surface area contributed by atoms with E-state index in [4.69, 9.17) is 12.2 Å². The van der Waals surface area contributed by atoms with Gasteiger partial charge in [0.2, 0.25) is 6.33 Å². The van der Waals surface area contributed by atoms with Crippen molar-refractivity contribution >= 4 is 44.1 Å². The van der Waals surface area contributed by atoms with E-state index < -0.39 is 27.7 Å². The molecule has 6 heterocycles. The first-order valence-corrected chi connectivity index (χ1v) is 19.5. The lowest BCUT2D eigenvalue weighted by Crippen LogP contribution is -2.52. The van der Waals surface area contributed by atoms with Crippen LogP contribution in [0.5, 0.6) is 0 Å². The minimum absolute atomic E-state index is 0.00719. The molecule has 8 nitrogen and oxygen atoms in total. The summed E-state index contributed by atoms with van der Waals surface area (Å²) < 4.78 is 60.5. The van der Waals surface area contributed by atoms with Crippen LogP contribution >= 0.6 is 12.2 Å². The summed E-state index contributed by atoms with van der Waals surface area (Å²) in [5, 5.41) is 3.43. The second kappa shape index (κ2) is 13.8. The lowest BCUT2D eigenvalue weighted by molar-refractivity contribution is -0.481. The van der Waals surface area contributed by atoms with Gasteiger partial charge in [0.1, 0.15) is 21.3 Å². The molecule has 2 aromatic heterocycles. The lowest BCUT2D eigenvalue weighted by atomic mass is 9.77. The molecule has 7 rings (SSSR count). The Bertz CT molecular complexity index is 1890. The molecule has 0 saturated carbocycles. The zero-order chi connectivity index (χ0) is 34.3. The topological polar surface area (TPSA) is 88.2 Å². The molecule has 258 valence electrons. The second-order valence-electron chi connectivity index (χ2n) is 14.6. The summed E-state index contributed by atoms with van der Waals surface area (Å²) >= 11 is 5.41. The van der Waals surface area contributed by atoms with Gasteiger partial charge < -0.3 is 0 Å². The second-order valence-corrected chi connectivity index (χ2v) is 17.0. The largest absolute Gasteiger partial charge is 0.345 e. The number of fused-ring (bicyclic) bond motifs is 9. The van der Waals surface area contributed by atoms with Gasteiger partial charge in [-0.15, -0.1) is 0 Å². The predicted octanol–water partition coefficient (Wildman–Crippen LogP) is 7.14. The minimum atomic E-state index is -3.13. The third-order valence-electron chi connectivity index (χ3n) is 11.0. The van der Waals surface area contributed by atoms with E-state index in [-0.39, 0.29) is 34.1 Å². The molecule has 0 spiro atoms. The fourth-order valence-corrected chi connectivity index (χ4v) is 9.79. The van der Waals surface area contributed by atoms with E-state index in [1.54, 1.807) is 27.3 Å². The Morgan fingerprint density at radius 2 is 1.69 bits per heavy atom. The first-order valence-electron chi connectivity index (χ1n) is 17.3. The van der Waals surface area contributed by atoms with Crippen molar-refractivity contribution in [2.45, 2.75) is 109 Å². The molecule has 0 aliphatic carbocycles. The van der Waals surface area contributed by atoms with Crippen LogP contribution < -0.4 is 5.56 Å². The van der Waals surface area contributed by atoms with Gasteiger partial charge in [-0.3, -0.25) is 14.3 Å². The Kier molecular flexibility index (Phi) is 10.0. The highest BCUT2D eigenvalue weighted by molar-refractivity contribution is 7.91. The number of hydrogen-bond donors (Lipinski definition) is 0. The Labute approximate surface area is 287 Å². The zero-order valence-electron chi connectivity index (χ0n) is 28.1. The van der Waals surface area contributed by atoms with Gasteiger partial charge in [0.15, 0.2) is 10.8 Å². The average Bonchev–Trinajstić information content (AvgIpc) is 3.05. The van der Waals surface area contributed by atoms with Crippen molar-refractivity contribution in [2.75, 3.05) is 24.6 Å². The maximum absolute atomic E-state index is 16.3. The molecule has 0 N–H and O–H groups in total. The van der Waals surface area contributed by atoms with E-state index in [2.05, 4.69) is 33.9 Å². The standard InChI is InChI=1S/C36H46F2N5O3S2/c1-25-27-10-9-11-28(20-27)36(37,38)29-12-17-41(35(2,3)22-29)15-7-5-4-6-8-16-42-32-31(33(40-23-39-32)43(25)24-47)21-30(34(42)44)26-13-18-48(45,46)19-14-26/h9-11,20-21,23,25-26,29H,4-8,12-19,22H2,1-3H3/q+1/t25-,29?/m1/s1. The van der Waals surface area contributed by atoms with Gasteiger partial charge in [-0.2, -0.15) is 9.56 Å². The smallest absolute Gasteiger partial charge is 0.298 e. The number of thiocarbonyl (C=S) groups is 1. The SMILES string of the molecule is C[C@@H]1c2cccc(c2)C(F)(F)C2CCN(CCCCCCCn3c(=O)c(C4CCS(=O)(=O)CC4)cc4c(ncnc43)[N+]1=C=S)C(C)(C)C2. The maximum Gasteiger partial charge on any atom is 0.345 e. The summed E-state index contributed by atoms with van der Waals surface area (Å²) in [5.74, 6) is -3.48. The first-order chi connectivity index (χ1) is 22.8. The number of isothiocyanates is 1. The van der Waals surface area contributed by atoms with Crippen molar-refractivity contribution in [2.24, 2.45) is 5.92 Å². The number of aromatic nitrogens is 3. The van der Waals surface area contributed by atoms with E-state index in [0.29, 0.717) is 66.8 Å². The molecule has 3 aromatic rings. The lowest BCUT2D eigenvalue weighted by Gasteiger charge is -2.47. The number of benzene rings is 1. The molecule has 4 aliphatic rings. The third-order valence-corrected chi connectivity index (χ3v) is 12.9. The molecule has 2 saturated heterocycles. The summed E-state index contributed by atoms with van der Waals surface area (Å²) in [7, 11) is -3.13. The van der Waals surface area contributed by atoms with Crippen LogP contribution in [0, 0.1) is 5.92 Å². The number of hydrogen-bond acceptors (Lipinski definition) is 7. The zero-order valence-corrected chi connectivity index (χ0v) is 29.8. The van der Waals surface area contributed by atoms with E-state index >= 15 is 8.78 Å². The van der Waals surface area contributed by atoms with Crippen LogP contribution in [0.1, 0.15) is 107 Å². The van der Waals surface area contributed by atoms with Crippen molar-refractivity contribution in [3.8, 4) is 0 Å². The van der Waals surface area contributed by atoms with Crippen molar-refractivity contribution < 1.29 is 21.8 Å². The van der Waals surface area contributed by atoms with Crippen LogP contribution in [-0.2, 0) is 22.3 Å². The highest BCUT2D eigenvalue weighted by Crippen LogP contribution is 2.46. The van der Waals surface area contributed by atoms with Crippen LogP contribution in [0.15, 0.2) is 41.5 Å². The van der Waals surface area contributed by atoms with Crippen molar-refractivity contribution in [3.05, 3.63) is 63.7 Å². The van der Waals surface area contributed by atoms with E-state index in [9.17, 15) is 13.2 Å². The van der Waals surface area contributed by atoms with Crippen molar-refractivity contribution in [1.29, 1.82) is 0 Å². The van der Waals surface area contributed by atoms with Crippen molar-refractivity contribution in [1.82, 2.24) is 19.4 Å². The Morgan fingerprint density at radius 1 is 0.979 bits per heavy atom. The van der Waals surface area contributed by atoms with Crippen molar-refractivity contribution in [3.63, 3.8) is 0 Å². The summed E-state index contributed by atoms with van der Waals surface area (Å²) in [6.07, 6.45) is 7.75. The molecule has 0 radical (unpaired) electrons. The summed E-state index contributed by atoms with van der Waals surface area (Å²) in [6.45, 7) is 8.05. The third kappa shape index (κ3) is 6.91. The molecular formula is C36H46F2N5O3S2+. The number of nitrogens with zero attached hydrogens (tertiary/aromatic N) is 5. The molecule has 12 heteroatoms. The number of aryl methyl sites for hydroxylation is 1. The van der Waals surface area contributed by atoms with Gasteiger partial charge in [0.05, 0.1) is 11.5 Å². The Hall–Kier alpha value is -2.92. The molecule has 48 heavy (non-hydrogen) atoms. The van der Waals surface area contributed by atoms with Gasteiger partial charge in [0, 0.05) is 41.3 Å². The predicted molar refractivity (Wildman–Crippen MR) is 187 cm³/mol. The number of pyridine rings is 1. The van der Waals surface area contributed by atoms with Gasteiger partial charge >= 0.3 is 5.82 Å². The number of rotatable bonds is 1. The van der Waals surface area contributed by atoms with Gasteiger partial charge in [-0.1, -0.05) is 37.5 Å². The van der Waals surface area contributed by atoms with Crippen LogP contribution in [0.4, 0.5) is 14.6 Å². The number of sulfone groups is 1. The summed E-state index contributed by atoms with van der Waals surface area (Å²) in [5.41, 5.74) is 1.18. The monoisotopic (exact) mass is 698 g/mol. The van der Waals surface area contributed by atoms with Gasteiger partial charge in [-0.05, 0) is 101 Å². The fraction of sp³-hybridized carbons (Fsp3) is 0.611. The van der Waals surface area contributed by atoms with Gasteiger partial charge in [-0.25, -0.2) is 17.2 Å². The Balaban J connectivity index is 1.46.